The third-order valence-corrected chi connectivity index (χ3v) is 3.63. The van der Waals surface area contributed by atoms with E-state index in [0.717, 1.165) is 29.5 Å². The van der Waals surface area contributed by atoms with Crippen LogP contribution in [0.25, 0.3) is 10.9 Å². The molecule has 0 radical (unpaired) electrons. The second kappa shape index (κ2) is 2.86. The van der Waals surface area contributed by atoms with Gasteiger partial charge in [-0.05, 0) is 49.9 Å². The molecule has 0 atom stereocenters. The molecule has 2 N–H and O–H groups in total. The Morgan fingerprint density at radius 1 is 1.31 bits per heavy atom. The Bertz CT molecular complexity index is 581. The summed E-state index contributed by atoms with van der Waals surface area (Å²) in [5.74, 6) is -0.274. The number of nitrogens with one attached hydrogen (secondary N) is 1. The highest BCUT2D eigenvalue weighted by atomic mass is 19.1. The second-order valence-corrected chi connectivity index (χ2v) is 4.79. The monoisotopic (exact) mass is 219 g/mol. The van der Waals surface area contributed by atoms with Crippen molar-refractivity contribution in [1.29, 1.82) is 0 Å². The van der Waals surface area contributed by atoms with Crippen LogP contribution in [-0.2, 0) is 5.60 Å². The Hall–Kier alpha value is -1.35. The number of aromatic nitrogens is 1. The first-order valence-corrected chi connectivity index (χ1v) is 5.52. The van der Waals surface area contributed by atoms with Crippen LogP contribution in [0.1, 0.15) is 29.7 Å². The molecule has 1 heterocycles. The average Bonchev–Trinajstić information content (AvgIpc) is 2.92. The van der Waals surface area contributed by atoms with Gasteiger partial charge in [-0.3, -0.25) is 0 Å². The van der Waals surface area contributed by atoms with Gasteiger partial charge in [-0.1, -0.05) is 0 Å². The molecule has 1 fully saturated rings. The van der Waals surface area contributed by atoms with E-state index in [4.69, 9.17) is 0 Å². The summed E-state index contributed by atoms with van der Waals surface area (Å²) < 4.78 is 13.9. The Morgan fingerprint density at radius 3 is 2.62 bits per heavy atom. The average molecular weight is 219 g/mol. The van der Waals surface area contributed by atoms with Gasteiger partial charge in [-0.25, -0.2) is 4.39 Å². The summed E-state index contributed by atoms with van der Waals surface area (Å²) in [5, 5.41) is 10.9. The fourth-order valence-electron chi connectivity index (χ4n) is 2.19. The molecule has 16 heavy (non-hydrogen) atoms. The van der Waals surface area contributed by atoms with E-state index in [2.05, 4.69) is 4.98 Å². The van der Waals surface area contributed by atoms with Crippen molar-refractivity contribution in [1.82, 2.24) is 4.98 Å². The summed E-state index contributed by atoms with van der Waals surface area (Å²) >= 11 is 0. The van der Waals surface area contributed by atoms with Crippen molar-refractivity contribution in [3.63, 3.8) is 0 Å². The highest BCUT2D eigenvalue weighted by Gasteiger charge is 2.42. The quantitative estimate of drug-likeness (QED) is 0.760. The summed E-state index contributed by atoms with van der Waals surface area (Å²) in [5.41, 5.74) is 2.52. The van der Waals surface area contributed by atoms with Crippen LogP contribution in [0.15, 0.2) is 12.1 Å². The smallest absolute Gasteiger partial charge is 0.147 e. The van der Waals surface area contributed by atoms with Crippen LogP contribution in [0.2, 0.25) is 0 Å². The summed E-state index contributed by atoms with van der Waals surface area (Å²) in [6, 6.07) is 3.36. The van der Waals surface area contributed by atoms with Gasteiger partial charge in [0.15, 0.2) is 0 Å². The number of aliphatic hydroxyl groups is 1. The van der Waals surface area contributed by atoms with Gasteiger partial charge < -0.3 is 10.1 Å². The lowest BCUT2D eigenvalue weighted by molar-refractivity contribution is 0.151. The highest BCUT2D eigenvalue weighted by molar-refractivity contribution is 5.85. The Morgan fingerprint density at radius 2 is 2.00 bits per heavy atom. The lowest BCUT2D eigenvalue weighted by Crippen LogP contribution is -2.04. The molecule has 2 aromatic rings. The van der Waals surface area contributed by atoms with Crippen molar-refractivity contribution in [2.75, 3.05) is 0 Å². The molecular formula is C13H14FNO. The molecule has 1 aromatic carbocycles. The van der Waals surface area contributed by atoms with Gasteiger partial charge in [0, 0.05) is 11.1 Å². The van der Waals surface area contributed by atoms with Crippen LogP contribution in [0.5, 0.6) is 0 Å². The lowest BCUT2D eigenvalue weighted by atomic mass is 10.0. The van der Waals surface area contributed by atoms with Crippen LogP contribution < -0.4 is 0 Å². The number of H-pyrrole nitrogens is 1. The van der Waals surface area contributed by atoms with Crippen LogP contribution >= 0.6 is 0 Å². The Labute approximate surface area is 93.1 Å². The van der Waals surface area contributed by atoms with E-state index in [0.29, 0.717) is 11.1 Å². The van der Waals surface area contributed by atoms with Crippen LogP contribution in [0.4, 0.5) is 4.39 Å². The summed E-state index contributed by atoms with van der Waals surface area (Å²) in [6.45, 7) is 3.90. The normalized spacial score (nSPS) is 18.0. The molecule has 1 aliphatic carbocycles. The standard InChI is InChI=1S/C13H14FNO/c1-7-8(2)15-12-10(7)5-9(6-11(12)14)13(16)3-4-13/h5-6,15-16H,3-4H2,1-2H3. The van der Waals surface area contributed by atoms with Crippen LogP contribution in [0, 0.1) is 19.7 Å². The van der Waals surface area contributed by atoms with Gasteiger partial charge in [-0.2, -0.15) is 0 Å². The first-order chi connectivity index (χ1) is 7.51. The summed E-state index contributed by atoms with van der Waals surface area (Å²) in [6.07, 6.45) is 1.47. The number of aromatic amines is 1. The number of hydrogen-bond donors (Lipinski definition) is 2. The fraction of sp³-hybridized carbons (Fsp3) is 0.385. The van der Waals surface area contributed by atoms with Gasteiger partial charge in [0.25, 0.3) is 0 Å². The third kappa shape index (κ3) is 1.21. The fourth-order valence-corrected chi connectivity index (χ4v) is 2.19. The molecule has 3 heteroatoms. The molecule has 3 rings (SSSR count). The van der Waals surface area contributed by atoms with Crippen molar-refractivity contribution in [3.05, 3.63) is 34.8 Å². The first-order valence-electron chi connectivity index (χ1n) is 5.52. The van der Waals surface area contributed by atoms with Gasteiger partial charge >= 0.3 is 0 Å². The minimum absolute atomic E-state index is 0.274. The largest absolute Gasteiger partial charge is 0.385 e. The maximum absolute atomic E-state index is 13.9. The maximum atomic E-state index is 13.9. The molecule has 1 aliphatic rings. The minimum Gasteiger partial charge on any atom is -0.385 e. The molecule has 0 unspecified atom stereocenters. The van der Waals surface area contributed by atoms with E-state index in [1.807, 2.05) is 19.9 Å². The first kappa shape index (κ1) is 9.85. The zero-order valence-electron chi connectivity index (χ0n) is 9.39. The molecule has 0 bridgehead atoms. The number of aryl methyl sites for hydroxylation is 2. The van der Waals surface area contributed by atoms with Gasteiger partial charge in [0.2, 0.25) is 0 Å². The summed E-state index contributed by atoms with van der Waals surface area (Å²) in [7, 11) is 0. The zero-order valence-corrected chi connectivity index (χ0v) is 9.39. The highest BCUT2D eigenvalue weighted by Crippen LogP contribution is 2.46. The number of benzene rings is 1. The third-order valence-electron chi connectivity index (χ3n) is 3.63. The van der Waals surface area contributed by atoms with Crippen LogP contribution in [0.3, 0.4) is 0 Å². The summed E-state index contributed by atoms with van der Waals surface area (Å²) in [4.78, 5) is 3.04. The van der Waals surface area contributed by atoms with Crippen molar-refractivity contribution in [2.45, 2.75) is 32.3 Å². The van der Waals surface area contributed by atoms with Crippen molar-refractivity contribution in [3.8, 4) is 0 Å². The molecule has 1 saturated carbocycles. The maximum Gasteiger partial charge on any atom is 0.147 e. The molecule has 0 amide bonds. The van der Waals surface area contributed by atoms with Crippen molar-refractivity contribution < 1.29 is 9.50 Å². The van der Waals surface area contributed by atoms with E-state index in [1.165, 1.54) is 6.07 Å². The molecule has 1 aromatic heterocycles. The lowest BCUT2D eigenvalue weighted by Gasteiger charge is -2.08. The molecule has 84 valence electrons. The number of fused-ring (bicyclic) bond motifs is 1. The second-order valence-electron chi connectivity index (χ2n) is 4.79. The van der Waals surface area contributed by atoms with E-state index >= 15 is 0 Å². The molecule has 0 spiro atoms. The van der Waals surface area contributed by atoms with Gasteiger partial charge in [0.1, 0.15) is 5.82 Å². The molecule has 2 nitrogen and oxygen atoms in total. The minimum atomic E-state index is -0.771. The molecule has 0 aliphatic heterocycles. The SMILES string of the molecule is Cc1[nH]c2c(F)cc(C3(O)CC3)cc2c1C. The van der Waals surface area contributed by atoms with E-state index in [-0.39, 0.29) is 5.82 Å². The molecule has 0 saturated heterocycles. The number of rotatable bonds is 1. The van der Waals surface area contributed by atoms with E-state index < -0.39 is 5.60 Å². The van der Waals surface area contributed by atoms with Crippen molar-refractivity contribution in [2.24, 2.45) is 0 Å². The Balaban J connectivity index is 2.32. The molecular weight excluding hydrogens is 205 g/mol. The number of halogens is 1. The topological polar surface area (TPSA) is 36.0 Å². The van der Waals surface area contributed by atoms with Crippen LogP contribution in [-0.4, -0.2) is 10.1 Å². The van der Waals surface area contributed by atoms with Crippen molar-refractivity contribution >= 4 is 10.9 Å². The number of hydrogen-bond acceptors (Lipinski definition) is 1. The zero-order chi connectivity index (χ0) is 11.5. The predicted molar refractivity (Wildman–Crippen MR) is 60.9 cm³/mol. The Kier molecular flexibility index (Phi) is 1.76. The van der Waals surface area contributed by atoms with Gasteiger partial charge in [-0.15, -0.1) is 0 Å². The predicted octanol–water partition coefficient (Wildman–Crippen LogP) is 2.91. The van der Waals surface area contributed by atoms with E-state index in [9.17, 15) is 9.50 Å². The van der Waals surface area contributed by atoms with E-state index in [1.54, 1.807) is 0 Å². The van der Waals surface area contributed by atoms with Gasteiger partial charge in [0.05, 0.1) is 11.1 Å².